The van der Waals surface area contributed by atoms with Crippen molar-refractivity contribution in [3.05, 3.63) is 42.7 Å². The Hall–Kier alpha value is -3.16. The van der Waals surface area contributed by atoms with Crippen LogP contribution in [0, 0.1) is 0 Å². The molecule has 3 amide bonds. The van der Waals surface area contributed by atoms with E-state index in [2.05, 4.69) is 20.2 Å². The monoisotopic (exact) mass is 354 g/mol. The summed E-state index contributed by atoms with van der Waals surface area (Å²) in [6, 6.07) is 8.85. The summed E-state index contributed by atoms with van der Waals surface area (Å²) in [5, 5.41) is 2.90. The van der Waals surface area contributed by atoms with E-state index in [-0.39, 0.29) is 11.9 Å². The van der Waals surface area contributed by atoms with E-state index >= 15 is 0 Å². The molecular weight excluding hydrogens is 332 g/mol. The van der Waals surface area contributed by atoms with Gasteiger partial charge in [0.15, 0.2) is 0 Å². The topological polar surface area (TPSA) is 81.7 Å². The molecule has 1 aromatic heterocycles. The van der Waals surface area contributed by atoms with E-state index in [1.807, 2.05) is 12.1 Å². The molecule has 1 fully saturated rings. The van der Waals surface area contributed by atoms with Crippen molar-refractivity contribution in [1.29, 1.82) is 0 Å². The molecule has 1 aliphatic heterocycles. The van der Waals surface area contributed by atoms with Crippen LogP contribution in [0.3, 0.4) is 0 Å². The maximum Gasteiger partial charge on any atom is 0.321 e. The number of nitrogens with zero attached hydrogens (tertiary/aromatic N) is 5. The van der Waals surface area contributed by atoms with Crippen LogP contribution in [0.2, 0.25) is 0 Å². The molecule has 1 saturated heterocycles. The number of aromatic nitrogens is 2. The number of nitrogens with one attached hydrogen (secondary N) is 1. The highest BCUT2D eigenvalue weighted by Crippen LogP contribution is 2.18. The molecule has 1 aliphatic rings. The number of carbonyl (C=O) groups excluding carboxylic acids is 2. The van der Waals surface area contributed by atoms with Crippen molar-refractivity contribution in [2.24, 2.45) is 0 Å². The molecule has 0 unspecified atom stereocenters. The molecule has 8 nitrogen and oxygen atoms in total. The lowest BCUT2D eigenvalue weighted by atomic mass is 10.2. The number of urea groups is 1. The quantitative estimate of drug-likeness (QED) is 0.909. The summed E-state index contributed by atoms with van der Waals surface area (Å²) in [5.74, 6) is 0.653. The van der Waals surface area contributed by atoms with Crippen molar-refractivity contribution in [3.63, 3.8) is 0 Å². The fraction of sp³-hybridized carbons (Fsp3) is 0.333. The third-order valence-electron chi connectivity index (χ3n) is 4.38. The predicted octanol–water partition coefficient (Wildman–Crippen LogP) is 1.81. The van der Waals surface area contributed by atoms with Gasteiger partial charge in [0.25, 0.3) is 0 Å². The summed E-state index contributed by atoms with van der Waals surface area (Å²) in [4.78, 5) is 37.7. The Morgan fingerprint density at radius 3 is 2.23 bits per heavy atom. The molecule has 3 rings (SSSR count). The second-order valence-electron chi connectivity index (χ2n) is 6.08. The Bertz CT molecular complexity index is 757. The van der Waals surface area contributed by atoms with Gasteiger partial charge in [0.2, 0.25) is 11.9 Å². The van der Waals surface area contributed by atoms with Crippen molar-refractivity contribution in [3.8, 4) is 0 Å². The molecule has 2 aromatic rings. The molecule has 136 valence electrons. The first-order chi connectivity index (χ1) is 12.5. The van der Waals surface area contributed by atoms with E-state index in [9.17, 15) is 9.59 Å². The van der Waals surface area contributed by atoms with Crippen LogP contribution in [-0.2, 0) is 4.79 Å². The van der Waals surface area contributed by atoms with Crippen LogP contribution in [0.25, 0.3) is 0 Å². The average Bonchev–Trinajstić information content (AvgIpc) is 2.68. The Morgan fingerprint density at radius 2 is 1.65 bits per heavy atom. The number of carbonyl (C=O) groups is 2. The minimum absolute atomic E-state index is 0.0398. The highest BCUT2D eigenvalue weighted by molar-refractivity contribution is 5.92. The summed E-state index contributed by atoms with van der Waals surface area (Å²) in [6.07, 6.45) is 3.43. The van der Waals surface area contributed by atoms with Crippen molar-refractivity contribution in [2.45, 2.75) is 6.92 Å². The first-order valence-corrected chi connectivity index (χ1v) is 8.47. The van der Waals surface area contributed by atoms with Crippen LogP contribution in [0.5, 0.6) is 0 Å². The highest BCUT2D eigenvalue weighted by atomic mass is 16.2. The standard InChI is InChI=1S/C18H22N6O2/c1-14(25)22(2)16-6-4-15(5-7-16)21-18(26)24-12-10-23(11-13-24)17-19-8-3-9-20-17/h3-9H,10-13H2,1-2H3,(H,21,26). The molecule has 0 radical (unpaired) electrons. The second kappa shape index (κ2) is 7.81. The summed E-state index contributed by atoms with van der Waals surface area (Å²) >= 11 is 0. The zero-order valence-corrected chi connectivity index (χ0v) is 14.9. The molecular formula is C18H22N6O2. The normalized spacial score (nSPS) is 14.1. The molecule has 0 aliphatic carbocycles. The Kier molecular flexibility index (Phi) is 5.31. The maximum absolute atomic E-state index is 12.4. The van der Waals surface area contributed by atoms with E-state index in [4.69, 9.17) is 0 Å². The zero-order valence-electron chi connectivity index (χ0n) is 14.9. The van der Waals surface area contributed by atoms with E-state index in [1.165, 1.54) is 6.92 Å². The fourth-order valence-electron chi connectivity index (χ4n) is 2.72. The van der Waals surface area contributed by atoms with Gasteiger partial charge < -0.3 is 20.0 Å². The fourth-order valence-corrected chi connectivity index (χ4v) is 2.72. The van der Waals surface area contributed by atoms with Gasteiger partial charge in [-0.25, -0.2) is 14.8 Å². The third-order valence-corrected chi connectivity index (χ3v) is 4.38. The molecule has 1 aromatic carbocycles. The van der Waals surface area contributed by atoms with E-state index in [0.29, 0.717) is 37.8 Å². The van der Waals surface area contributed by atoms with Crippen molar-refractivity contribution in [1.82, 2.24) is 14.9 Å². The maximum atomic E-state index is 12.4. The Balaban J connectivity index is 1.54. The van der Waals surface area contributed by atoms with Crippen LogP contribution in [0.1, 0.15) is 6.92 Å². The smallest absolute Gasteiger partial charge is 0.321 e. The van der Waals surface area contributed by atoms with Crippen molar-refractivity contribution < 1.29 is 9.59 Å². The van der Waals surface area contributed by atoms with Gasteiger partial charge in [0.05, 0.1) is 0 Å². The molecule has 26 heavy (non-hydrogen) atoms. The number of amides is 3. The van der Waals surface area contributed by atoms with Gasteiger partial charge in [-0.3, -0.25) is 4.79 Å². The zero-order chi connectivity index (χ0) is 18.5. The number of hydrogen-bond donors (Lipinski definition) is 1. The molecule has 1 N–H and O–H groups in total. The lowest BCUT2D eigenvalue weighted by Gasteiger charge is -2.34. The van der Waals surface area contributed by atoms with Gasteiger partial charge in [0, 0.05) is 63.9 Å². The molecule has 0 bridgehead atoms. The van der Waals surface area contributed by atoms with Gasteiger partial charge in [-0.2, -0.15) is 0 Å². The van der Waals surface area contributed by atoms with Crippen LogP contribution < -0.4 is 15.1 Å². The third kappa shape index (κ3) is 4.08. The molecule has 8 heteroatoms. The largest absolute Gasteiger partial charge is 0.337 e. The minimum atomic E-state index is -0.133. The summed E-state index contributed by atoms with van der Waals surface area (Å²) < 4.78 is 0. The highest BCUT2D eigenvalue weighted by Gasteiger charge is 2.22. The van der Waals surface area contributed by atoms with Gasteiger partial charge in [-0.15, -0.1) is 0 Å². The minimum Gasteiger partial charge on any atom is -0.337 e. The number of rotatable bonds is 3. The van der Waals surface area contributed by atoms with E-state index < -0.39 is 0 Å². The first-order valence-electron chi connectivity index (χ1n) is 8.47. The lowest BCUT2D eigenvalue weighted by Crippen LogP contribution is -2.50. The molecule has 0 spiro atoms. The summed E-state index contributed by atoms with van der Waals surface area (Å²) in [5.41, 5.74) is 1.48. The Labute approximate surface area is 152 Å². The van der Waals surface area contributed by atoms with Crippen LogP contribution in [-0.4, -0.2) is 60.0 Å². The lowest BCUT2D eigenvalue weighted by molar-refractivity contribution is -0.116. The van der Waals surface area contributed by atoms with Gasteiger partial charge in [-0.05, 0) is 30.3 Å². The second-order valence-corrected chi connectivity index (χ2v) is 6.08. The first kappa shape index (κ1) is 17.7. The summed E-state index contributed by atoms with van der Waals surface area (Å²) in [7, 11) is 1.71. The van der Waals surface area contributed by atoms with Crippen LogP contribution in [0.15, 0.2) is 42.7 Å². The predicted molar refractivity (Wildman–Crippen MR) is 100 cm³/mol. The van der Waals surface area contributed by atoms with E-state index in [0.717, 1.165) is 5.69 Å². The van der Waals surface area contributed by atoms with Gasteiger partial charge in [0.1, 0.15) is 0 Å². The van der Waals surface area contributed by atoms with Gasteiger partial charge >= 0.3 is 6.03 Å². The number of anilines is 3. The van der Waals surface area contributed by atoms with Crippen molar-refractivity contribution in [2.75, 3.05) is 48.3 Å². The molecule has 0 atom stereocenters. The van der Waals surface area contributed by atoms with Crippen LogP contribution in [0.4, 0.5) is 22.1 Å². The Morgan fingerprint density at radius 1 is 1.04 bits per heavy atom. The number of hydrogen-bond acceptors (Lipinski definition) is 5. The van der Waals surface area contributed by atoms with Gasteiger partial charge in [-0.1, -0.05) is 0 Å². The number of piperazine rings is 1. The summed E-state index contributed by atoms with van der Waals surface area (Å²) in [6.45, 7) is 4.11. The molecule has 2 heterocycles. The van der Waals surface area contributed by atoms with E-state index in [1.54, 1.807) is 47.4 Å². The molecule has 0 saturated carbocycles. The SMILES string of the molecule is CC(=O)N(C)c1ccc(NC(=O)N2CCN(c3ncccn3)CC2)cc1. The van der Waals surface area contributed by atoms with Crippen molar-refractivity contribution >= 4 is 29.3 Å². The number of benzene rings is 1. The van der Waals surface area contributed by atoms with Crippen LogP contribution >= 0.6 is 0 Å². The average molecular weight is 354 g/mol.